The van der Waals surface area contributed by atoms with Crippen LogP contribution in [0.1, 0.15) is 29.7 Å². The first kappa shape index (κ1) is 14.3. The summed E-state index contributed by atoms with van der Waals surface area (Å²) in [6.45, 7) is 5.30. The molecule has 0 amide bonds. The second kappa shape index (κ2) is 5.49. The van der Waals surface area contributed by atoms with Crippen LogP contribution in [0.5, 0.6) is 0 Å². The van der Waals surface area contributed by atoms with Crippen molar-refractivity contribution in [3.8, 4) is 0 Å². The Hall–Kier alpha value is -2.10. The van der Waals surface area contributed by atoms with Crippen molar-refractivity contribution < 1.29 is 8.78 Å². The predicted molar refractivity (Wildman–Crippen MR) is 78.7 cm³/mol. The highest BCUT2D eigenvalue weighted by molar-refractivity contribution is 5.67. The fraction of sp³-hybridized carbons (Fsp3) is 0.250. The van der Waals surface area contributed by atoms with E-state index in [-0.39, 0.29) is 17.7 Å². The topological polar surface area (TPSA) is 38.0 Å². The molecule has 0 radical (unpaired) electrons. The van der Waals surface area contributed by atoms with E-state index < -0.39 is 0 Å². The van der Waals surface area contributed by atoms with Crippen molar-refractivity contribution >= 4 is 11.4 Å². The van der Waals surface area contributed by atoms with E-state index in [0.717, 1.165) is 5.56 Å². The fourth-order valence-electron chi connectivity index (χ4n) is 2.02. The van der Waals surface area contributed by atoms with Gasteiger partial charge in [-0.25, -0.2) is 8.78 Å². The summed E-state index contributed by atoms with van der Waals surface area (Å²) in [5, 5.41) is 3.18. The van der Waals surface area contributed by atoms with E-state index in [1.54, 1.807) is 26.0 Å². The summed E-state index contributed by atoms with van der Waals surface area (Å²) in [6, 6.07) is 7.92. The Kier molecular flexibility index (Phi) is 3.93. The summed E-state index contributed by atoms with van der Waals surface area (Å²) >= 11 is 0. The summed E-state index contributed by atoms with van der Waals surface area (Å²) in [5.41, 5.74) is 8.73. The average molecular weight is 276 g/mol. The van der Waals surface area contributed by atoms with E-state index in [1.807, 2.05) is 13.0 Å². The monoisotopic (exact) mass is 276 g/mol. The molecule has 2 aromatic rings. The summed E-state index contributed by atoms with van der Waals surface area (Å²) in [5.74, 6) is -0.568. The molecule has 0 saturated heterocycles. The third-order valence-electron chi connectivity index (χ3n) is 3.40. The summed E-state index contributed by atoms with van der Waals surface area (Å²) in [6.07, 6.45) is 0. The molecule has 1 unspecified atom stereocenters. The molecule has 0 aliphatic rings. The van der Waals surface area contributed by atoms with Gasteiger partial charge in [0.05, 0.1) is 11.4 Å². The van der Waals surface area contributed by atoms with Gasteiger partial charge in [-0.3, -0.25) is 0 Å². The molecule has 0 fully saturated rings. The lowest BCUT2D eigenvalue weighted by atomic mass is 10.1. The van der Waals surface area contributed by atoms with Crippen LogP contribution in [0.3, 0.4) is 0 Å². The number of rotatable bonds is 3. The van der Waals surface area contributed by atoms with Gasteiger partial charge in [0.2, 0.25) is 0 Å². The number of nitrogen functional groups attached to an aromatic ring is 1. The molecule has 0 spiro atoms. The minimum absolute atomic E-state index is 0.128. The molecule has 0 aliphatic heterocycles. The Morgan fingerprint density at radius 2 is 1.65 bits per heavy atom. The van der Waals surface area contributed by atoms with Crippen molar-refractivity contribution in [1.82, 2.24) is 0 Å². The van der Waals surface area contributed by atoms with E-state index >= 15 is 0 Å². The van der Waals surface area contributed by atoms with Crippen molar-refractivity contribution in [1.29, 1.82) is 0 Å². The number of hydrogen-bond acceptors (Lipinski definition) is 2. The molecule has 1 atom stereocenters. The number of nitrogens with two attached hydrogens (primary N) is 1. The van der Waals surface area contributed by atoms with Gasteiger partial charge in [-0.2, -0.15) is 0 Å². The summed E-state index contributed by atoms with van der Waals surface area (Å²) in [7, 11) is 0. The predicted octanol–water partition coefficient (Wildman–Crippen LogP) is 4.34. The number of benzene rings is 2. The Morgan fingerprint density at radius 3 is 2.30 bits per heavy atom. The normalized spacial score (nSPS) is 12.2. The lowest BCUT2D eigenvalue weighted by Crippen LogP contribution is -2.09. The summed E-state index contributed by atoms with van der Waals surface area (Å²) in [4.78, 5) is 0. The zero-order valence-electron chi connectivity index (χ0n) is 11.8. The maximum Gasteiger partial charge on any atom is 0.128 e. The SMILES string of the molecule is Cc1ccc(C(C)Nc2cc(C)c(F)cc2N)cc1F. The second-order valence-electron chi connectivity index (χ2n) is 5.06. The van der Waals surface area contributed by atoms with Crippen LogP contribution in [-0.4, -0.2) is 0 Å². The van der Waals surface area contributed by atoms with Crippen molar-refractivity contribution in [3.05, 3.63) is 58.7 Å². The van der Waals surface area contributed by atoms with Crippen LogP contribution in [-0.2, 0) is 0 Å². The fourth-order valence-corrected chi connectivity index (χ4v) is 2.02. The molecule has 106 valence electrons. The molecule has 2 aromatic carbocycles. The van der Waals surface area contributed by atoms with Gasteiger partial charge in [0.15, 0.2) is 0 Å². The maximum absolute atomic E-state index is 13.6. The second-order valence-corrected chi connectivity index (χ2v) is 5.06. The quantitative estimate of drug-likeness (QED) is 0.818. The van der Waals surface area contributed by atoms with Crippen LogP contribution >= 0.6 is 0 Å². The van der Waals surface area contributed by atoms with Gasteiger partial charge >= 0.3 is 0 Å². The van der Waals surface area contributed by atoms with Crippen LogP contribution in [0, 0.1) is 25.5 Å². The molecule has 20 heavy (non-hydrogen) atoms. The van der Waals surface area contributed by atoms with Crippen LogP contribution in [0.15, 0.2) is 30.3 Å². The molecule has 0 saturated carbocycles. The zero-order valence-corrected chi connectivity index (χ0v) is 11.8. The van der Waals surface area contributed by atoms with Crippen LogP contribution in [0.2, 0.25) is 0 Å². The highest BCUT2D eigenvalue weighted by atomic mass is 19.1. The largest absolute Gasteiger partial charge is 0.397 e. The molecule has 0 heterocycles. The summed E-state index contributed by atoms with van der Waals surface area (Å²) < 4.78 is 26.9. The standard InChI is InChI=1S/C16H18F2N2/c1-9-4-5-12(7-13(9)17)11(3)20-16-6-10(2)14(18)8-15(16)19/h4-8,11,20H,19H2,1-3H3. The first-order valence-electron chi connectivity index (χ1n) is 6.46. The number of hydrogen-bond donors (Lipinski definition) is 2. The van der Waals surface area contributed by atoms with E-state index in [1.165, 1.54) is 12.1 Å². The zero-order chi connectivity index (χ0) is 14.9. The molecule has 4 heteroatoms. The first-order chi connectivity index (χ1) is 9.38. The van der Waals surface area contributed by atoms with E-state index in [9.17, 15) is 8.78 Å². The van der Waals surface area contributed by atoms with E-state index in [4.69, 9.17) is 5.73 Å². The average Bonchev–Trinajstić information content (AvgIpc) is 2.39. The van der Waals surface area contributed by atoms with Gasteiger partial charge in [0.25, 0.3) is 0 Å². The Bertz CT molecular complexity index is 639. The molecule has 0 bridgehead atoms. The molecule has 0 aromatic heterocycles. The molecule has 2 nitrogen and oxygen atoms in total. The smallest absolute Gasteiger partial charge is 0.128 e. The van der Waals surface area contributed by atoms with Gasteiger partial charge in [-0.1, -0.05) is 12.1 Å². The highest BCUT2D eigenvalue weighted by Crippen LogP contribution is 2.27. The van der Waals surface area contributed by atoms with Crippen molar-refractivity contribution in [2.24, 2.45) is 0 Å². The van der Waals surface area contributed by atoms with Gasteiger partial charge in [-0.15, -0.1) is 0 Å². The number of nitrogens with one attached hydrogen (secondary N) is 1. The van der Waals surface area contributed by atoms with E-state index in [0.29, 0.717) is 22.5 Å². The minimum Gasteiger partial charge on any atom is -0.397 e. The van der Waals surface area contributed by atoms with Gasteiger partial charge in [-0.05, 0) is 55.7 Å². The maximum atomic E-state index is 13.6. The Labute approximate surface area is 117 Å². The lowest BCUT2D eigenvalue weighted by molar-refractivity contribution is 0.614. The lowest BCUT2D eigenvalue weighted by Gasteiger charge is -2.18. The van der Waals surface area contributed by atoms with Crippen LogP contribution in [0.4, 0.5) is 20.2 Å². The van der Waals surface area contributed by atoms with Gasteiger partial charge in [0, 0.05) is 6.04 Å². The van der Waals surface area contributed by atoms with Gasteiger partial charge < -0.3 is 11.1 Å². The molecule has 2 rings (SSSR count). The van der Waals surface area contributed by atoms with Gasteiger partial charge in [0.1, 0.15) is 11.6 Å². The molecular formula is C16H18F2N2. The number of anilines is 2. The molecule has 3 N–H and O–H groups in total. The highest BCUT2D eigenvalue weighted by Gasteiger charge is 2.11. The van der Waals surface area contributed by atoms with Crippen molar-refractivity contribution in [2.75, 3.05) is 11.1 Å². The number of aryl methyl sites for hydroxylation is 2. The minimum atomic E-state index is -0.331. The third-order valence-corrected chi connectivity index (χ3v) is 3.40. The Balaban J connectivity index is 2.25. The Morgan fingerprint density at radius 1 is 1.00 bits per heavy atom. The van der Waals surface area contributed by atoms with E-state index in [2.05, 4.69) is 5.32 Å². The van der Waals surface area contributed by atoms with Crippen molar-refractivity contribution in [2.45, 2.75) is 26.8 Å². The third kappa shape index (κ3) is 2.90. The van der Waals surface area contributed by atoms with Crippen LogP contribution in [0.25, 0.3) is 0 Å². The first-order valence-corrected chi connectivity index (χ1v) is 6.46. The molecule has 0 aliphatic carbocycles. The number of halogens is 2. The molecular weight excluding hydrogens is 258 g/mol. The van der Waals surface area contributed by atoms with Crippen molar-refractivity contribution in [3.63, 3.8) is 0 Å². The van der Waals surface area contributed by atoms with Crippen LogP contribution < -0.4 is 11.1 Å².